The van der Waals surface area contributed by atoms with Gasteiger partial charge in [0.05, 0.1) is 10.9 Å². The van der Waals surface area contributed by atoms with E-state index in [0.717, 1.165) is 42.9 Å². The second-order valence-electron chi connectivity index (χ2n) is 10.3. The van der Waals surface area contributed by atoms with Crippen LogP contribution in [0, 0.1) is 5.92 Å². The number of benzene rings is 3. The maximum atomic E-state index is 13.8. The number of carbonyl (C=O) groups excluding carboxylic acids is 1. The average molecular weight is 489 g/mol. The number of hydrogen-bond donors (Lipinski definition) is 0. The van der Waals surface area contributed by atoms with E-state index in [1.807, 2.05) is 30.3 Å². The van der Waals surface area contributed by atoms with E-state index in [1.165, 1.54) is 11.1 Å². The molecule has 0 spiro atoms. The van der Waals surface area contributed by atoms with E-state index in [-0.39, 0.29) is 17.9 Å². The quantitative estimate of drug-likeness (QED) is 0.489. The molecule has 1 atom stereocenters. The van der Waals surface area contributed by atoms with Crippen molar-refractivity contribution in [3.63, 3.8) is 0 Å². The number of fused-ring (bicyclic) bond motifs is 2. The Kier molecular flexibility index (Phi) is 5.89. The van der Waals surface area contributed by atoms with Gasteiger partial charge in [-0.3, -0.25) is 4.79 Å². The molecule has 0 N–H and O–H groups in total. The highest BCUT2D eigenvalue weighted by molar-refractivity contribution is 7.89. The molecule has 3 aromatic carbocycles. The number of hydrogen-bond acceptors (Lipinski definition) is 3. The summed E-state index contributed by atoms with van der Waals surface area (Å²) in [6, 6.07) is 22.2. The fraction of sp³-hybridized carbons (Fsp3) is 0.414. The number of amides is 1. The van der Waals surface area contributed by atoms with Gasteiger partial charge >= 0.3 is 0 Å². The monoisotopic (exact) mass is 488 g/mol. The van der Waals surface area contributed by atoms with Crippen LogP contribution < -0.4 is 0 Å². The highest BCUT2D eigenvalue weighted by Crippen LogP contribution is 2.42. The molecule has 0 aromatic heterocycles. The van der Waals surface area contributed by atoms with Gasteiger partial charge in [0.1, 0.15) is 0 Å². The van der Waals surface area contributed by atoms with E-state index in [1.54, 1.807) is 16.4 Å². The van der Waals surface area contributed by atoms with Gasteiger partial charge in [-0.15, -0.1) is 0 Å². The zero-order chi connectivity index (χ0) is 24.0. The van der Waals surface area contributed by atoms with E-state index in [0.29, 0.717) is 36.9 Å². The summed E-state index contributed by atoms with van der Waals surface area (Å²) in [7, 11) is -3.58. The fourth-order valence-corrected chi connectivity index (χ4v) is 7.49. The van der Waals surface area contributed by atoms with Crippen molar-refractivity contribution in [3.8, 4) is 0 Å². The zero-order valence-corrected chi connectivity index (χ0v) is 20.8. The lowest BCUT2D eigenvalue weighted by Gasteiger charge is -2.40. The van der Waals surface area contributed by atoms with Gasteiger partial charge in [-0.25, -0.2) is 8.42 Å². The molecule has 6 rings (SSSR count). The van der Waals surface area contributed by atoms with E-state index in [9.17, 15) is 13.2 Å². The lowest BCUT2D eigenvalue weighted by atomic mass is 9.85. The molecule has 2 aliphatic carbocycles. The van der Waals surface area contributed by atoms with Gasteiger partial charge in [-0.05, 0) is 79.0 Å². The molecule has 182 valence electrons. The van der Waals surface area contributed by atoms with Gasteiger partial charge in [-0.1, -0.05) is 54.6 Å². The van der Waals surface area contributed by atoms with Crippen molar-refractivity contribution >= 4 is 26.7 Å². The molecule has 3 aromatic rings. The smallest absolute Gasteiger partial charge is 0.243 e. The number of sulfonamides is 1. The molecule has 1 aliphatic heterocycles. The van der Waals surface area contributed by atoms with Crippen LogP contribution in [0.15, 0.2) is 71.6 Å². The number of aryl methyl sites for hydroxylation is 1. The van der Waals surface area contributed by atoms with Crippen LogP contribution in [0.2, 0.25) is 0 Å². The summed E-state index contributed by atoms with van der Waals surface area (Å²) < 4.78 is 28.3. The second-order valence-corrected chi connectivity index (χ2v) is 12.2. The Balaban J connectivity index is 1.18. The predicted molar refractivity (Wildman–Crippen MR) is 137 cm³/mol. The molecule has 1 amide bonds. The summed E-state index contributed by atoms with van der Waals surface area (Å²) in [5.74, 6) is 0.129. The molecule has 1 saturated carbocycles. The SMILES string of the molecule is O=C(C1CCN(S(=O)(=O)c2ccc3ccccc3c2)CC1)N(C1CC1)C1CCCc2ccccc21. The number of nitrogens with zero attached hydrogens (tertiary/aromatic N) is 2. The van der Waals surface area contributed by atoms with Crippen LogP contribution in [-0.2, 0) is 21.2 Å². The van der Waals surface area contributed by atoms with Crippen LogP contribution in [0.3, 0.4) is 0 Å². The van der Waals surface area contributed by atoms with Crippen molar-refractivity contribution in [1.82, 2.24) is 9.21 Å². The van der Waals surface area contributed by atoms with Crippen LogP contribution >= 0.6 is 0 Å². The van der Waals surface area contributed by atoms with Crippen molar-refractivity contribution in [2.75, 3.05) is 13.1 Å². The molecule has 1 unspecified atom stereocenters. The second kappa shape index (κ2) is 9.07. The molecule has 0 bridgehead atoms. The fourth-order valence-electron chi connectivity index (χ4n) is 5.99. The molecule has 1 heterocycles. The Morgan fingerprint density at radius 2 is 1.54 bits per heavy atom. The normalized spacial score (nSPS) is 21.5. The Morgan fingerprint density at radius 1 is 0.829 bits per heavy atom. The van der Waals surface area contributed by atoms with E-state index in [2.05, 4.69) is 29.2 Å². The van der Waals surface area contributed by atoms with Crippen molar-refractivity contribution in [2.45, 2.75) is 61.9 Å². The number of rotatable bonds is 5. The summed E-state index contributed by atoms with van der Waals surface area (Å²) in [6.07, 6.45) is 6.56. The van der Waals surface area contributed by atoms with Crippen LogP contribution in [0.1, 0.15) is 55.7 Å². The molecule has 6 heteroatoms. The lowest BCUT2D eigenvalue weighted by molar-refractivity contribution is -0.140. The van der Waals surface area contributed by atoms with Crippen molar-refractivity contribution in [3.05, 3.63) is 77.9 Å². The Hall–Kier alpha value is -2.70. The zero-order valence-electron chi connectivity index (χ0n) is 20.0. The molecule has 0 radical (unpaired) electrons. The van der Waals surface area contributed by atoms with Gasteiger partial charge in [0, 0.05) is 25.0 Å². The Morgan fingerprint density at radius 3 is 2.31 bits per heavy atom. The van der Waals surface area contributed by atoms with Crippen LogP contribution in [0.4, 0.5) is 0 Å². The van der Waals surface area contributed by atoms with Crippen LogP contribution in [0.5, 0.6) is 0 Å². The van der Waals surface area contributed by atoms with E-state index in [4.69, 9.17) is 0 Å². The molecule has 35 heavy (non-hydrogen) atoms. The summed E-state index contributed by atoms with van der Waals surface area (Å²) >= 11 is 0. The first-order chi connectivity index (χ1) is 17.0. The standard InChI is InChI=1S/C29H32N2O3S/c32-29(31(25-13-14-25)28-11-5-9-22-7-3-4-10-27(22)28)23-16-18-30(19-17-23)35(33,34)26-15-12-21-6-1-2-8-24(21)20-26/h1-4,6-8,10,12,15,20,23,25,28H,5,9,11,13-14,16-19H2. The minimum absolute atomic E-state index is 0.104. The maximum absolute atomic E-state index is 13.8. The summed E-state index contributed by atoms with van der Waals surface area (Å²) in [5.41, 5.74) is 2.69. The molecule has 5 nitrogen and oxygen atoms in total. The van der Waals surface area contributed by atoms with E-state index >= 15 is 0 Å². The summed E-state index contributed by atoms with van der Waals surface area (Å²) in [6.45, 7) is 0.788. The van der Waals surface area contributed by atoms with Crippen LogP contribution in [-0.4, -0.2) is 42.7 Å². The van der Waals surface area contributed by atoms with Gasteiger partial charge in [-0.2, -0.15) is 4.31 Å². The van der Waals surface area contributed by atoms with E-state index < -0.39 is 10.0 Å². The number of piperidine rings is 1. The molecular weight excluding hydrogens is 456 g/mol. The van der Waals surface area contributed by atoms with Gasteiger partial charge in [0.15, 0.2) is 0 Å². The average Bonchev–Trinajstić information content (AvgIpc) is 3.74. The highest BCUT2D eigenvalue weighted by Gasteiger charge is 2.43. The maximum Gasteiger partial charge on any atom is 0.243 e. The lowest BCUT2D eigenvalue weighted by Crippen LogP contribution is -2.46. The Labute approximate surface area is 207 Å². The minimum atomic E-state index is -3.58. The minimum Gasteiger partial charge on any atom is -0.332 e. The van der Waals surface area contributed by atoms with Crippen molar-refractivity contribution < 1.29 is 13.2 Å². The summed E-state index contributed by atoms with van der Waals surface area (Å²) in [5, 5.41) is 1.95. The van der Waals surface area contributed by atoms with Gasteiger partial charge < -0.3 is 4.90 Å². The first kappa shape index (κ1) is 22.7. The molecule has 3 aliphatic rings. The van der Waals surface area contributed by atoms with Crippen molar-refractivity contribution in [1.29, 1.82) is 0 Å². The molecular formula is C29H32N2O3S. The topological polar surface area (TPSA) is 57.7 Å². The molecule has 2 fully saturated rings. The van der Waals surface area contributed by atoms with Gasteiger partial charge in [0.2, 0.25) is 15.9 Å². The highest BCUT2D eigenvalue weighted by atomic mass is 32.2. The third kappa shape index (κ3) is 4.27. The number of carbonyl (C=O) groups is 1. The van der Waals surface area contributed by atoms with Crippen LogP contribution in [0.25, 0.3) is 10.8 Å². The van der Waals surface area contributed by atoms with Gasteiger partial charge in [0.25, 0.3) is 0 Å². The largest absolute Gasteiger partial charge is 0.332 e. The first-order valence-electron chi connectivity index (χ1n) is 12.9. The predicted octanol–water partition coefficient (Wildman–Crippen LogP) is 5.31. The molecule has 1 saturated heterocycles. The summed E-state index contributed by atoms with van der Waals surface area (Å²) in [4.78, 5) is 16.3. The Bertz CT molecular complexity index is 1360. The first-order valence-corrected chi connectivity index (χ1v) is 14.4. The van der Waals surface area contributed by atoms with Crippen molar-refractivity contribution in [2.24, 2.45) is 5.92 Å². The third-order valence-electron chi connectivity index (χ3n) is 8.03. The third-order valence-corrected chi connectivity index (χ3v) is 9.92.